The molecular formula is C45H45ClSi. The second kappa shape index (κ2) is 13.9. The van der Waals surface area contributed by atoms with E-state index in [0.717, 1.165) is 19.3 Å². The Morgan fingerprint density at radius 3 is 0.787 bits per heavy atom. The third kappa shape index (κ3) is 6.93. The molecule has 6 aromatic carbocycles. The van der Waals surface area contributed by atoms with Crippen LogP contribution in [0.3, 0.4) is 0 Å². The van der Waals surface area contributed by atoms with E-state index in [1.165, 1.54) is 82.3 Å². The molecule has 0 aliphatic carbocycles. The SMILES string of the molecule is Cc1cc([Si](Cl)(c2cc(C)c(Cc3ccccc3)c(C)c2)c2cc(C)c(Cc3ccccc3)c(C)c2)cc(C)c1Cc1ccccc1. The molecule has 47 heavy (non-hydrogen) atoms. The van der Waals surface area contributed by atoms with E-state index < -0.39 is 7.38 Å². The summed E-state index contributed by atoms with van der Waals surface area (Å²) in [6.07, 6.45) is 2.78. The van der Waals surface area contributed by atoms with Crippen molar-refractivity contribution in [3.05, 3.63) is 194 Å². The van der Waals surface area contributed by atoms with Crippen molar-refractivity contribution < 1.29 is 0 Å². The third-order valence-corrected chi connectivity index (χ3v) is 15.2. The van der Waals surface area contributed by atoms with Crippen LogP contribution in [0.15, 0.2) is 127 Å². The van der Waals surface area contributed by atoms with E-state index in [1.54, 1.807) is 0 Å². The second-order valence-electron chi connectivity index (χ2n) is 13.4. The van der Waals surface area contributed by atoms with Gasteiger partial charge in [-0.05, 0) is 143 Å². The number of rotatable bonds is 9. The molecule has 0 aliphatic heterocycles. The molecule has 0 radical (unpaired) electrons. The van der Waals surface area contributed by atoms with Crippen molar-refractivity contribution >= 4 is 34.0 Å². The summed E-state index contributed by atoms with van der Waals surface area (Å²) in [6, 6.07) is 46.7. The van der Waals surface area contributed by atoms with Gasteiger partial charge in [0.15, 0.2) is 0 Å². The summed E-state index contributed by atoms with van der Waals surface area (Å²) in [5.74, 6) is 0. The first-order valence-electron chi connectivity index (χ1n) is 16.8. The maximum atomic E-state index is 8.32. The average Bonchev–Trinajstić information content (AvgIpc) is 3.07. The van der Waals surface area contributed by atoms with Crippen LogP contribution in [0.5, 0.6) is 0 Å². The smallest absolute Gasteiger partial charge is 0.149 e. The Bertz CT molecular complexity index is 1710. The molecule has 0 aromatic heterocycles. The van der Waals surface area contributed by atoms with E-state index in [4.69, 9.17) is 11.1 Å². The molecule has 0 atom stereocenters. The van der Waals surface area contributed by atoms with Gasteiger partial charge in [0.1, 0.15) is 0 Å². The van der Waals surface area contributed by atoms with Crippen LogP contribution in [0.25, 0.3) is 0 Å². The van der Waals surface area contributed by atoms with Crippen molar-refractivity contribution in [1.82, 2.24) is 0 Å². The number of hydrogen-bond acceptors (Lipinski definition) is 0. The predicted octanol–water partition coefficient (Wildman–Crippen LogP) is 9.52. The van der Waals surface area contributed by atoms with E-state index in [9.17, 15) is 0 Å². The Labute approximate surface area is 287 Å². The fraction of sp³-hybridized carbons (Fsp3) is 0.200. The summed E-state index contributed by atoms with van der Waals surface area (Å²) in [5.41, 5.74) is 16.0. The van der Waals surface area contributed by atoms with Gasteiger partial charge in [0.2, 0.25) is 7.38 Å². The van der Waals surface area contributed by atoms with E-state index in [2.05, 4.69) is 169 Å². The minimum Gasteiger partial charge on any atom is -0.149 e. The Kier molecular flexibility index (Phi) is 9.69. The van der Waals surface area contributed by atoms with Crippen LogP contribution in [0, 0.1) is 41.5 Å². The fourth-order valence-corrected chi connectivity index (χ4v) is 11.8. The number of benzene rings is 6. The molecule has 2 heteroatoms. The van der Waals surface area contributed by atoms with Crippen molar-refractivity contribution in [3.8, 4) is 0 Å². The van der Waals surface area contributed by atoms with Gasteiger partial charge in [-0.15, -0.1) is 11.1 Å². The summed E-state index contributed by atoms with van der Waals surface area (Å²) in [4.78, 5) is 0. The van der Waals surface area contributed by atoms with Crippen LogP contribution in [0.1, 0.15) is 66.8 Å². The van der Waals surface area contributed by atoms with E-state index in [0.29, 0.717) is 0 Å². The van der Waals surface area contributed by atoms with Crippen LogP contribution in [0.4, 0.5) is 0 Å². The Hall–Kier alpha value is -4.17. The Balaban J connectivity index is 1.50. The predicted molar refractivity (Wildman–Crippen MR) is 206 cm³/mol. The Morgan fingerprint density at radius 1 is 0.362 bits per heavy atom. The van der Waals surface area contributed by atoms with Crippen LogP contribution in [0.2, 0.25) is 0 Å². The van der Waals surface area contributed by atoms with Gasteiger partial charge in [-0.3, -0.25) is 0 Å². The number of aryl methyl sites for hydroxylation is 6. The molecular weight excluding hydrogens is 604 g/mol. The molecule has 0 N–H and O–H groups in total. The topological polar surface area (TPSA) is 0 Å². The zero-order valence-electron chi connectivity index (χ0n) is 28.6. The van der Waals surface area contributed by atoms with E-state index in [1.807, 2.05) is 0 Å². The molecule has 0 saturated heterocycles. The van der Waals surface area contributed by atoms with Crippen molar-refractivity contribution in [2.24, 2.45) is 0 Å². The molecule has 0 aliphatic rings. The first-order valence-corrected chi connectivity index (χ1v) is 19.8. The van der Waals surface area contributed by atoms with Gasteiger partial charge in [0.25, 0.3) is 0 Å². The minimum atomic E-state index is -2.94. The van der Waals surface area contributed by atoms with Crippen LogP contribution < -0.4 is 15.6 Å². The van der Waals surface area contributed by atoms with E-state index >= 15 is 0 Å². The van der Waals surface area contributed by atoms with Gasteiger partial charge in [0.05, 0.1) is 0 Å². The van der Waals surface area contributed by atoms with Gasteiger partial charge in [0, 0.05) is 0 Å². The molecule has 0 heterocycles. The quantitative estimate of drug-likeness (QED) is 0.0832. The summed E-state index contributed by atoms with van der Waals surface area (Å²) >= 11 is 8.32. The summed E-state index contributed by atoms with van der Waals surface area (Å²) in [6.45, 7) is 13.6. The second-order valence-corrected chi connectivity index (χ2v) is 18.2. The molecule has 236 valence electrons. The number of hydrogen-bond donors (Lipinski definition) is 0. The lowest BCUT2D eigenvalue weighted by atomic mass is 9.96. The Morgan fingerprint density at radius 2 is 0.574 bits per heavy atom. The first-order chi connectivity index (χ1) is 22.6. The highest BCUT2D eigenvalue weighted by Crippen LogP contribution is 2.26. The van der Waals surface area contributed by atoms with Crippen LogP contribution in [-0.4, -0.2) is 7.38 Å². The average molecular weight is 649 g/mol. The lowest BCUT2D eigenvalue weighted by Gasteiger charge is -2.30. The molecule has 0 amide bonds. The zero-order valence-corrected chi connectivity index (χ0v) is 30.4. The lowest BCUT2D eigenvalue weighted by molar-refractivity contribution is 1.12. The van der Waals surface area contributed by atoms with Crippen LogP contribution in [-0.2, 0) is 19.3 Å². The lowest BCUT2D eigenvalue weighted by Crippen LogP contribution is -2.63. The van der Waals surface area contributed by atoms with Gasteiger partial charge >= 0.3 is 0 Å². The van der Waals surface area contributed by atoms with Gasteiger partial charge in [-0.1, -0.05) is 127 Å². The summed E-state index contributed by atoms with van der Waals surface area (Å²) in [7, 11) is -2.94. The fourth-order valence-electron chi connectivity index (χ4n) is 7.31. The highest BCUT2D eigenvalue weighted by Gasteiger charge is 2.40. The van der Waals surface area contributed by atoms with Crippen LogP contribution >= 0.6 is 11.1 Å². The molecule has 6 rings (SSSR count). The largest absolute Gasteiger partial charge is 0.247 e. The molecule has 0 fully saturated rings. The molecule has 6 aromatic rings. The van der Waals surface area contributed by atoms with Crippen molar-refractivity contribution in [2.75, 3.05) is 0 Å². The zero-order chi connectivity index (χ0) is 33.1. The highest BCUT2D eigenvalue weighted by molar-refractivity contribution is 7.40. The minimum absolute atomic E-state index is 0.925. The van der Waals surface area contributed by atoms with E-state index in [-0.39, 0.29) is 0 Å². The van der Waals surface area contributed by atoms with Crippen molar-refractivity contribution in [3.63, 3.8) is 0 Å². The first kappa shape index (κ1) is 32.8. The normalized spacial score (nSPS) is 11.6. The standard InChI is InChI=1S/C45H45ClSi/c1-31-22-40(23-32(2)43(31)28-37-16-10-7-11-17-37)47(46,41-24-33(3)44(34(4)25-41)29-38-18-12-8-13-19-38)42-26-35(5)45(36(6)27-42)30-39-20-14-9-15-21-39/h7-27H,28-30H2,1-6H3. The molecule has 0 bridgehead atoms. The molecule has 0 nitrogen and oxygen atoms in total. The molecule has 0 spiro atoms. The highest BCUT2D eigenvalue weighted by atomic mass is 35.6. The van der Waals surface area contributed by atoms with Gasteiger partial charge < -0.3 is 0 Å². The number of halogens is 1. The summed E-state index contributed by atoms with van der Waals surface area (Å²) < 4.78 is 0. The monoisotopic (exact) mass is 648 g/mol. The maximum absolute atomic E-state index is 8.32. The molecule has 0 unspecified atom stereocenters. The molecule has 0 saturated carbocycles. The maximum Gasteiger partial charge on any atom is 0.247 e. The van der Waals surface area contributed by atoms with Crippen molar-refractivity contribution in [1.29, 1.82) is 0 Å². The van der Waals surface area contributed by atoms with Gasteiger partial charge in [-0.25, -0.2) is 0 Å². The van der Waals surface area contributed by atoms with Crippen molar-refractivity contribution in [2.45, 2.75) is 60.8 Å². The summed E-state index contributed by atoms with van der Waals surface area (Å²) in [5, 5.41) is 3.78. The van der Waals surface area contributed by atoms with Gasteiger partial charge in [-0.2, -0.15) is 0 Å². The third-order valence-electron chi connectivity index (χ3n) is 9.95.